The zero-order chi connectivity index (χ0) is 20.0. The minimum atomic E-state index is -4.60. The molecule has 12 heteroatoms. The third-order valence-electron chi connectivity index (χ3n) is 2.97. The largest absolute Gasteiger partial charge is 0.481 e. The van der Waals surface area contributed by atoms with Crippen molar-refractivity contribution in [1.82, 2.24) is 14.7 Å². The molecule has 1 heterocycles. The van der Waals surface area contributed by atoms with Crippen LogP contribution in [0, 0.1) is 6.92 Å². The standard InChI is InChI=1S/C15H16N4O7S/c1-9-8-12(24-2)17-14(16-9)18-15(21)19-27(22,23)26-11-7-5-4-6-10(11)13(20)25-3/h4-8H,1-3H3,(H2,16,17,18,19,21). The Kier molecular flexibility index (Phi) is 6.13. The van der Waals surface area contributed by atoms with Gasteiger partial charge in [0.05, 0.1) is 14.2 Å². The lowest BCUT2D eigenvalue weighted by Crippen LogP contribution is -2.37. The van der Waals surface area contributed by atoms with E-state index in [2.05, 4.69) is 20.0 Å². The summed E-state index contributed by atoms with van der Waals surface area (Å²) in [7, 11) is -2.09. The predicted molar refractivity (Wildman–Crippen MR) is 92.8 cm³/mol. The Bertz CT molecular complexity index is 962. The van der Waals surface area contributed by atoms with Crippen molar-refractivity contribution in [2.45, 2.75) is 6.92 Å². The van der Waals surface area contributed by atoms with E-state index < -0.39 is 22.3 Å². The van der Waals surface area contributed by atoms with Gasteiger partial charge in [-0.1, -0.05) is 12.1 Å². The molecule has 0 bridgehead atoms. The predicted octanol–water partition coefficient (Wildman–Crippen LogP) is 1.03. The molecule has 0 spiro atoms. The van der Waals surface area contributed by atoms with Crippen LogP contribution >= 0.6 is 0 Å². The van der Waals surface area contributed by atoms with Crippen molar-refractivity contribution in [3.05, 3.63) is 41.6 Å². The number of benzene rings is 1. The molecule has 0 fully saturated rings. The number of carbonyl (C=O) groups excluding carboxylic acids is 2. The van der Waals surface area contributed by atoms with Crippen LogP contribution in [0.4, 0.5) is 10.7 Å². The summed E-state index contributed by atoms with van der Waals surface area (Å²) in [6.45, 7) is 1.64. The number of anilines is 1. The summed E-state index contributed by atoms with van der Waals surface area (Å²) >= 11 is 0. The summed E-state index contributed by atoms with van der Waals surface area (Å²) in [5, 5.41) is 2.14. The maximum atomic E-state index is 12.0. The number of para-hydroxylation sites is 1. The Morgan fingerprint density at radius 1 is 1.11 bits per heavy atom. The van der Waals surface area contributed by atoms with Gasteiger partial charge in [0.25, 0.3) is 0 Å². The fourth-order valence-electron chi connectivity index (χ4n) is 1.90. The summed E-state index contributed by atoms with van der Waals surface area (Å²) in [5.41, 5.74) is 0.362. The lowest BCUT2D eigenvalue weighted by molar-refractivity contribution is 0.0599. The first-order valence-corrected chi connectivity index (χ1v) is 8.75. The van der Waals surface area contributed by atoms with Crippen LogP contribution in [0.1, 0.15) is 16.1 Å². The lowest BCUT2D eigenvalue weighted by atomic mass is 10.2. The molecule has 0 radical (unpaired) electrons. The monoisotopic (exact) mass is 396 g/mol. The van der Waals surface area contributed by atoms with E-state index in [0.717, 1.165) is 7.11 Å². The minimum Gasteiger partial charge on any atom is -0.481 e. The van der Waals surface area contributed by atoms with Crippen molar-refractivity contribution in [3.63, 3.8) is 0 Å². The van der Waals surface area contributed by atoms with Gasteiger partial charge in [-0.2, -0.15) is 13.4 Å². The first kappa shape index (κ1) is 19.9. The lowest BCUT2D eigenvalue weighted by Gasteiger charge is -2.11. The van der Waals surface area contributed by atoms with Gasteiger partial charge in [0, 0.05) is 11.8 Å². The Labute approximate surface area is 154 Å². The smallest absolute Gasteiger partial charge is 0.411 e. The minimum absolute atomic E-state index is 0.127. The van der Waals surface area contributed by atoms with Gasteiger partial charge in [-0.3, -0.25) is 5.32 Å². The topological polar surface area (TPSA) is 146 Å². The van der Waals surface area contributed by atoms with Crippen molar-refractivity contribution >= 4 is 28.3 Å². The number of rotatable bonds is 6. The van der Waals surface area contributed by atoms with Crippen LogP contribution in [-0.2, 0) is 15.0 Å². The Balaban J connectivity index is 2.12. The van der Waals surface area contributed by atoms with Crippen LogP contribution in [0.5, 0.6) is 11.6 Å². The number of hydrogen-bond acceptors (Lipinski definition) is 9. The van der Waals surface area contributed by atoms with Crippen LogP contribution in [0.15, 0.2) is 30.3 Å². The number of hydrogen-bond donors (Lipinski definition) is 2. The fraction of sp³-hybridized carbons (Fsp3) is 0.200. The van der Waals surface area contributed by atoms with E-state index in [1.165, 1.54) is 37.4 Å². The first-order chi connectivity index (χ1) is 12.7. The van der Waals surface area contributed by atoms with Gasteiger partial charge in [-0.05, 0) is 19.1 Å². The second-order valence-corrected chi connectivity index (χ2v) is 6.24. The van der Waals surface area contributed by atoms with Crippen LogP contribution in [0.2, 0.25) is 0 Å². The van der Waals surface area contributed by atoms with Gasteiger partial charge in [0.2, 0.25) is 11.8 Å². The third kappa shape index (κ3) is 5.54. The summed E-state index contributed by atoms with van der Waals surface area (Å²) in [6, 6.07) is 5.84. The molecular formula is C15H16N4O7S. The molecule has 0 saturated carbocycles. The van der Waals surface area contributed by atoms with E-state index in [1.54, 1.807) is 11.6 Å². The summed E-state index contributed by atoms with van der Waals surface area (Å²) in [6.07, 6.45) is 0. The van der Waals surface area contributed by atoms with Crippen LogP contribution in [0.3, 0.4) is 0 Å². The van der Waals surface area contributed by atoms with Crippen molar-refractivity contribution in [1.29, 1.82) is 0 Å². The molecule has 11 nitrogen and oxygen atoms in total. The number of amides is 2. The molecular weight excluding hydrogens is 380 g/mol. The average molecular weight is 396 g/mol. The van der Waals surface area contributed by atoms with Gasteiger partial charge < -0.3 is 13.7 Å². The van der Waals surface area contributed by atoms with Crippen LogP contribution in [-0.4, -0.2) is 44.6 Å². The first-order valence-electron chi connectivity index (χ1n) is 7.34. The van der Waals surface area contributed by atoms with Gasteiger partial charge in [0.15, 0.2) is 5.75 Å². The molecule has 2 N–H and O–H groups in total. The Hall–Kier alpha value is -3.41. The number of aryl methyl sites for hydroxylation is 1. The molecule has 0 atom stereocenters. The number of ether oxygens (including phenoxy) is 2. The van der Waals surface area contributed by atoms with Crippen LogP contribution in [0.25, 0.3) is 0 Å². The van der Waals surface area contributed by atoms with Crippen molar-refractivity contribution in [3.8, 4) is 11.6 Å². The van der Waals surface area contributed by atoms with Gasteiger partial charge in [0.1, 0.15) is 5.56 Å². The third-order valence-corrected chi connectivity index (χ3v) is 3.81. The molecule has 2 aromatic rings. The summed E-state index contributed by atoms with van der Waals surface area (Å²) in [4.78, 5) is 31.3. The number of nitrogens with zero attached hydrogens (tertiary/aromatic N) is 2. The summed E-state index contributed by atoms with van der Waals surface area (Å²) in [5.74, 6) is -1.10. The molecule has 0 saturated heterocycles. The van der Waals surface area contributed by atoms with Crippen LogP contribution < -0.4 is 19.0 Å². The molecule has 0 aliphatic rings. The highest BCUT2D eigenvalue weighted by molar-refractivity contribution is 7.85. The van der Waals surface area contributed by atoms with E-state index in [9.17, 15) is 18.0 Å². The SMILES string of the molecule is COC(=O)c1ccccc1OS(=O)(=O)NC(=O)Nc1nc(C)cc(OC)n1. The maximum Gasteiger partial charge on any atom is 0.411 e. The number of aromatic nitrogens is 2. The second-order valence-electron chi connectivity index (χ2n) is 4.96. The highest BCUT2D eigenvalue weighted by Gasteiger charge is 2.22. The fourth-order valence-corrected chi connectivity index (χ4v) is 2.60. The van der Waals surface area contributed by atoms with E-state index in [4.69, 9.17) is 8.92 Å². The number of nitrogens with one attached hydrogen (secondary N) is 2. The van der Waals surface area contributed by atoms with Crippen molar-refractivity contribution in [2.75, 3.05) is 19.5 Å². The van der Waals surface area contributed by atoms with Gasteiger partial charge >= 0.3 is 22.3 Å². The van der Waals surface area contributed by atoms with E-state index in [1.807, 2.05) is 0 Å². The van der Waals surface area contributed by atoms with E-state index in [-0.39, 0.29) is 23.1 Å². The quantitative estimate of drug-likeness (QED) is 0.683. The highest BCUT2D eigenvalue weighted by Crippen LogP contribution is 2.20. The molecule has 1 aromatic carbocycles. The number of methoxy groups -OCH3 is 2. The molecule has 0 unspecified atom stereocenters. The normalized spacial score (nSPS) is 10.6. The van der Waals surface area contributed by atoms with E-state index >= 15 is 0 Å². The number of esters is 1. The Morgan fingerprint density at radius 3 is 2.48 bits per heavy atom. The molecule has 2 rings (SSSR count). The van der Waals surface area contributed by atoms with Gasteiger partial charge in [-0.15, -0.1) is 0 Å². The molecule has 0 aliphatic carbocycles. The maximum absolute atomic E-state index is 12.0. The van der Waals surface area contributed by atoms with Crippen molar-refractivity contribution in [2.24, 2.45) is 0 Å². The zero-order valence-corrected chi connectivity index (χ0v) is 15.4. The molecule has 1 aromatic heterocycles. The summed E-state index contributed by atoms with van der Waals surface area (Å²) < 4.78 is 39.9. The number of urea groups is 1. The van der Waals surface area contributed by atoms with Gasteiger partial charge in [-0.25, -0.2) is 19.3 Å². The average Bonchev–Trinajstić information content (AvgIpc) is 2.59. The van der Waals surface area contributed by atoms with E-state index in [0.29, 0.717) is 5.69 Å². The number of carbonyl (C=O) groups is 2. The Morgan fingerprint density at radius 2 is 1.81 bits per heavy atom. The highest BCUT2D eigenvalue weighted by atomic mass is 32.2. The molecule has 0 aliphatic heterocycles. The molecule has 27 heavy (non-hydrogen) atoms. The zero-order valence-electron chi connectivity index (χ0n) is 14.5. The second kappa shape index (κ2) is 8.31. The molecule has 2 amide bonds. The molecule has 144 valence electrons. The van der Waals surface area contributed by atoms with Crippen molar-refractivity contribution < 1.29 is 31.7 Å².